The minimum absolute atomic E-state index is 0.0529. The Labute approximate surface area is 157 Å². The second-order valence-corrected chi connectivity index (χ2v) is 6.75. The van der Waals surface area contributed by atoms with Crippen LogP contribution in [0.1, 0.15) is 41.8 Å². The number of amides is 2. The van der Waals surface area contributed by atoms with Crippen LogP contribution < -0.4 is 0 Å². The third kappa shape index (κ3) is 4.50. The van der Waals surface area contributed by atoms with Crippen LogP contribution in [0.15, 0.2) is 28.8 Å². The Morgan fingerprint density at radius 2 is 2.07 bits per heavy atom. The molecule has 27 heavy (non-hydrogen) atoms. The number of likely N-dealkylation sites (tertiary alicyclic amines) is 1. The first-order chi connectivity index (χ1) is 13.0. The first-order valence-corrected chi connectivity index (χ1v) is 9.09. The highest BCUT2D eigenvalue weighted by molar-refractivity contribution is 5.94. The molecule has 0 radical (unpaired) electrons. The number of hydrogen-bond donors (Lipinski definition) is 0. The van der Waals surface area contributed by atoms with Crippen molar-refractivity contribution in [2.24, 2.45) is 5.92 Å². The van der Waals surface area contributed by atoms with Crippen molar-refractivity contribution in [3.63, 3.8) is 0 Å². The summed E-state index contributed by atoms with van der Waals surface area (Å²) < 4.78 is 18.2. The maximum atomic E-state index is 13.1. The Morgan fingerprint density at radius 1 is 1.33 bits per heavy atom. The van der Waals surface area contributed by atoms with E-state index in [4.69, 9.17) is 4.52 Å². The average molecular weight is 374 g/mol. The van der Waals surface area contributed by atoms with Gasteiger partial charge in [-0.25, -0.2) is 4.39 Å². The van der Waals surface area contributed by atoms with Crippen LogP contribution in [0.4, 0.5) is 4.39 Å². The number of benzene rings is 1. The molecule has 1 aliphatic rings. The number of piperidine rings is 1. The molecule has 0 aliphatic carbocycles. The predicted octanol–water partition coefficient (Wildman–Crippen LogP) is 2.28. The fourth-order valence-corrected chi connectivity index (χ4v) is 3.23. The van der Waals surface area contributed by atoms with Gasteiger partial charge in [-0.15, -0.1) is 0 Å². The molecule has 0 spiro atoms. The molecular formula is C19H23FN4O3. The quantitative estimate of drug-likeness (QED) is 0.802. The number of hydrogen-bond acceptors (Lipinski definition) is 5. The topological polar surface area (TPSA) is 79.5 Å². The van der Waals surface area contributed by atoms with Crippen LogP contribution >= 0.6 is 0 Å². The molecule has 1 aliphatic heterocycles. The van der Waals surface area contributed by atoms with Crippen molar-refractivity contribution in [3.05, 3.63) is 47.4 Å². The van der Waals surface area contributed by atoms with E-state index in [1.807, 2.05) is 6.92 Å². The summed E-state index contributed by atoms with van der Waals surface area (Å²) in [6, 6.07) is 5.47. The lowest BCUT2D eigenvalue weighted by molar-refractivity contribution is -0.136. The molecule has 1 saturated heterocycles. The van der Waals surface area contributed by atoms with Crippen molar-refractivity contribution in [1.82, 2.24) is 19.9 Å². The van der Waals surface area contributed by atoms with Crippen molar-refractivity contribution >= 4 is 11.8 Å². The van der Waals surface area contributed by atoms with Gasteiger partial charge in [0.05, 0.1) is 12.5 Å². The number of rotatable bonds is 5. The minimum atomic E-state index is -0.382. The van der Waals surface area contributed by atoms with E-state index in [-0.39, 0.29) is 30.1 Å². The molecule has 1 unspecified atom stereocenters. The predicted molar refractivity (Wildman–Crippen MR) is 95.2 cm³/mol. The van der Waals surface area contributed by atoms with Crippen LogP contribution in [0.3, 0.4) is 0 Å². The number of aryl methyl sites for hydroxylation is 1. The molecule has 8 heteroatoms. The van der Waals surface area contributed by atoms with Gasteiger partial charge >= 0.3 is 0 Å². The summed E-state index contributed by atoms with van der Waals surface area (Å²) in [5, 5.41) is 3.83. The Bertz CT molecular complexity index is 806. The monoisotopic (exact) mass is 374 g/mol. The third-order valence-electron chi connectivity index (χ3n) is 4.72. The van der Waals surface area contributed by atoms with E-state index in [2.05, 4.69) is 10.1 Å². The number of carbonyl (C=O) groups is 2. The fourth-order valence-electron chi connectivity index (χ4n) is 3.23. The summed E-state index contributed by atoms with van der Waals surface area (Å²) in [7, 11) is 1.69. The Hall–Kier alpha value is -2.77. The van der Waals surface area contributed by atoms with E-state index in [0.717, 1.165) is 12.8 Å². The summed E-state index contributed by atoms with van der Waals surface area (Å²) in [4.78, 5) is 32.8. The van der Waals surface area contributed by atoms with Gasteiger partial charge in [-0.3, -0.25) is 9.59 Å². The van der Waals surface area contributed by atoms with Crippen molar-refractivity contribution in [2.75, 3.05) is 20.1 Å². The number of halogens is 1. The second kappa shape index (κ2) is 8.28. The lowest BCUT2D eigenvalue weighted by Crippen LogP contribution is -2.45. The molecule has 0 N–H and O–H groups in total. The smallest absolute Gasteiger partial charge is 0.253 e. The van der Waals surface area contributed by atoms with Crippen LogP contribution in [-0.2, 0) is 17.8 Å². The van der Waals surface area contributed by atoms with Gasteiger partial charge in [0, 0.05) is 32.1 Å². The molecule has 2 aromatic rings. The summed E-state index contributed by atoms with van der Waals surface area (Å²) in [5.74, 6) is 0.119. The summed E-state index contributed by atoms with van der Waals surface area (Å²) >= 11 is 0. The highest BCUT2D eigenvalue weighted by atomic mass is 19.1. The van der Waals surface area contributed by atoms with Crippen LogP contribution in [-0.4, -0.2) is 51.9 Å². The molecule has 3 rings (SSSR count). The average Bonchev–Trinajstić information content (AvgIpc) is 3.15. The van der Waals surface area contributed by atoms with E-state index in [9.17, 15) is 14.0 Å². The van der Waals surface area contributed by atoms with Crippen molar-refractivity contribution in [1.29, 1.82) is 0 Å². The Kier molecular flexibility index (Phi) is 5.83. The first kappa shape index (κ1) is 19.0. The van der Waals surface area contributed by atoms with Gasteiger partial charge in [-0.2, -0.15) is 4.98 Å². The van der Waals surface area contributed by atoms with Crippen molar-refractivity contribution in [2.45, 2.75) is 32.7 Å². The summed E-state index contributed by atoms with van der Waals surface area (Å²) in [6.45, 7) is 3.11. The third-order valence-corrected chi connectivity index (χ3v) is 4.72. The summed E-state index contributed by atoms with van der Waals surface area (Å²) in [6.07, 6.45) is 2.14. The van der Waals surface area contributed by atoms with Crippen molar-refractivity contribution < 1.29 is 18.5 Å². The lowest BCUT2D eigenvalue weighted by atomic mass is 9.96. The molecule has 1 aromatic heterocycles. The van der Waals surface area contributed by atoms with Gasteiger partial charge in [-0.1, -0.05) is 12.1 Å². The molecule has 144 valence electrons. The fraction of sp³-hybridized carbons (Fsp3) is 0.474. The maximum Gasteiger partial charge on any atom is 0.253 e. The number of carbonyl (C=O) groups excluding carboxylic acids is 2. The van der Waals surface area contributed by atoms with E-state index in [1.165, 1.54) is 24.3 Å². The molecule has 0 saturated carbocycles. The molecule has 2 heterocycles. The number of aromatic nitrogens is 2. The van der Waals surface area contributed by atoms with E-state index in [0.29, 0.717) is 36.8 Å². The van der Waals surface area contributed by atoms with Gasteiger partial charge in [-0.05, 0) is 37.1 Å². The zero-order valence-electron chi connectivity index (χ0n) is 15.5. The van der Waals surface area contributed by atoms with Crippen LogP contribution in [0.25, 0.3) is 0 Å². The van der Waals surface area contributed by atoms with Gasteiger partial charge in [0.2, 0.25) is 11.8 Å². The molecule has 1 fully saturated rings. The van der Waals surface area contributed by atoms with E-state index < -0.39 is 0 Å². The van der Waals surface area contributed by atoms with E-state index in [1.54, 1.807) is 16.8 Å². The Balaban J connectivity index is 1.61. The molecule has 7 nitrogen and oxygen atoms in total. The number of nitrogens with zero attached hydrogens (tertiary/aromatic N) is 4. The molecule has 2 amide bonds. The largest absolute Gasteiger partial charge is 0.338 e. The van der Waals surface area contributed by atoms with Crippen LogP contribution in [0.5, 0.6) is 0 Å². The molecular weight excluding hydrogens is 351 g/mol. The zero-order chi connectivity index (χ0) is 19.4. The normalized spacial score (nSPS) is 17.0. The van der Waals surface area contributed by atoms with Crippen LogP contribution in [0, 0.1) is 11.7 Å². The zero-order valence-corrected chi connectivity index (χ0v) is 15.5. The standard InChI is InChI=1S/C19H23FN4O3/c1-3-16-21-17(27-22-16)12-23(2)18(25)14-5-4-10-24(11-14)19(26)13-6-8-15(20)9-7-13/h6-9,14H,3-5,10-12H2,1-2H3. The maximum absolute atomic E-state index is 13.1. The Morgan fingerprint density at radius 3 is 2.74 bits per heavy atom. The molecule has 0 bridgehead atoms. The van der Waals surface area contributed by atoms with E-state index >= 15 is 0 Å². The van der Waals surface area contributed by atoms with Gasteiger partial charge in [0.25, 0.3) is 5.91 Å². The minimum Gasteiger partial charge on any atom is -0.338 e. The first-order valence-electron chi connectivity index (χ1n) is 9.09. The second-order valence-electron chi connectivity index (χ2n) is 6.75. The van der Waals surface area contributed by atoms with Crippen LogP contribution in [0.2, 0.25) is 0 Å². The molecule has 1 atom stereocenters. The van der Waals surface area contributed by atoms with Gasteiger partial charge in [0.1, 0.15) is 5.82 Å². The van der Waals surface area contributed by atoms with Gasteiger partial charge < -0.3 is 14.3 Å². The van der Waals surface area contributed by atoms with Gasteiger partial charge in [0.15, 0.2) is 5.82 Å². The highest BCUT2D eigenvalue weighted by Crippen LogP contribution is 2.21. The van der Waals surface area contributed by atoms with Crippen molar-refractivity contribution in [3.8, 4) is 0 Å². The highest BCUT2D eigenvalue weighted by Gasteiger charge is 2.31. The SMILES string of the molecule is CCc1noc(CN(C)C(=O)C2CCCN(C(=O)c3ccc(F)cc3)C2)n1. The summed E-state index contributed by atoms with van der Waals surface area (Å²) in [5.41, 5.74) is 0.427. The molecule has 1 aromatic carbocycles. The lowest BCUT2D eigenvalue weighted by Gasteiger charge is -2.33.